The van der Waals surface area contributed by atoms with Crippen LogP contribution in [0.15, 0.2) is 6.07 Å². The number of thiophene rings is 1. The number of hydrogen-bond donors (Lipinski definition) is 2. The van der Waals surface area contributed by atoms with Gasteiger partial charge in [-0.15, -0.1) is 11.3 Å². The van der Waals surface area contributed by atoms with E-state index in [0.29, 0.717) is 12.0 Å². The summed E-state index contributed by atoms with van der Waals surface area (Å²) in [6.45, 7) is 8.94. The van der Waals surface area contributed by atoms with Crippen LogP contribution in [0.25, 0.3) is 10.2 Å². The Labute approximate surface area is 131 Å². The van der Waals surface area contributed by atoms with E-state index in [1.165, 1.54) is 11.3 Å². The van der Waals surface area contributed by atoms with Gasteiger partial charge in [0.1, 0.15) is 10.6 Å². The first-order chi connectivity index (χ1) is 10.1. The molecule has 2 heterocycles. The lowest BCUT2D eigenvalue weighted by Crippen LogP contribution is -2.19. The Kier molecular flexibility index (Phi) is 5.39. The molecule has 2 unspecified atom stereocenters. The molecule has 116 valence electrons. The third-order valence-electron chi connectivity index (χ3n) is 3.85. The fraction of sp³-hybridized carbons (Fsp3) is 0.625. The minimum atomic E-state index is 0.410. The zero-order valence-electron chi connectivity index (χ0n) is 13.7. The van der Waals surface area contributed by atoms with Gasteiger partial charge >= 0.3 is 0 Å². The molecule has 4 nitrogen and oxygen atoms in total. The summed E-state index contributed by atoms with van der Waals surface area (Å²) in [4.78, 5) is 11.6. The van der Waals surface area contributed by atoms with Gasteiger partial charge in [0.15, 0.2) is 0 Å². The van der Waals surface area contributed by atoms with Crippen LogP contribution in [0.5, 0.6) is 0 Å². The average molecular weight is 306 g/mol. The third kappa shape index (κ3) is 3.84. The Morgan fingerprint density at radius 1 is 1.24 bits per heavy atom. The largest absolute Gasteiger partial charge is 0.367 e. The van der Waals surface area contributed by atoms with Crippen molar-refractivity contribution in [1.29, 1.82) is 0 Å². The summed E-state index contributed by atoms with van der Waals surface area (Å²) in [7, 11) is 1.86. The molecule has 2 aromatic heterocycles. The van der Waals surface area contributed by atoms with Gasteiger partial charge in [-0.25, -0.2) is 4.98 Å². The van der Waals surface area contributed by atoms with E-state index < -0.39 is 0 Å². The highest BCUT2D eigenvalue weighted by molar-refractivity contribution is 7.18. The highest BCUT2D eigenvalue weighted by atomic mass is 32.1. The molecule has 0 aliphatic carbocycles. The van der Waals surface area contributed by atoms with E-state index in [0.717, 1.165) is 34.8 Å². The molecule has 0 aliphatic heterocycles. The first kappa shape index (κ1) is 16.0. The number of fused-ring (bicyclic) bond motifs is 1. The zero-order chi connectivity index (χ0) is 15.4. The molecule has 2 rings (SSSR count). The molecular weight excluding hydrogens is 280 g/mol. The van der Waals surface area contributed by atoms with E-state index in [4.69, 9.17) is 0 Å². The van der Waals surface area contributed by atoms with Crippen molar-refractivity contribution in [2.24, 2.45) is 5.92 Å². The molecule has 2 N–H and O–H groups in total. The van der Waals surface area contributed by atoms with Crippen LogP contribution in [0.1, 0.15) is 45.4 Å². The van der Waals surface area contributed by atoms with Gasteiger partial charge in [-0.05, 0) is 31.7 Å². The third-order valence-corrected chi connectivity index (χ3v) is 5.03. The number of hydrogen-bond acceptors (Lipinski definition) is 5. The lowest BCUT2D eigenvalue weighted by Gasteiger charge is -2.18. The van der Waals surface area contributed by atoms with Crippen molar-refractivity contribution in [3.05, 3.63) is 10.9 Å². The quantitative estimate of drug-likeness (QED) is 0.789. The van der Waals surface area contributed by atoms with E-state index in [-0.39, 0.29) is 0 Å². The van der Waals surface area contributed by atoms with Crippen molar-refractivity contribution < 1.29 is 0 Å². The minimum Gasteiger partial charge on any atom is -0.367 e. The van der Waals surface area contributed by atoms with Crippen molar-refractivity contribution in [3.63, 3.8) is 0 Å². The summed E-state index contributed by atoms with van der Waals surface area (Å²) in [6.07, 6.45) is 3.41. The molecule has 0 amide bonds. The standard InChI is InChI=1S/C16H26N4S/c1-6-10(3)8-11(4)18-14-13-9-12(7-2)21-15(13)20-16(17-5)19-14/h9-11H,6-8H2,1-5H3,(H2,17,18,19,20). The summed E-state index contributed by atoms with van der Waals surface area (Å²) in [5.74, 6) is 2.36. The molecule has 0 saturated heterocycles. The van der Waals surface area contributed by atoms with E-state index in [1.54, 1.807) is 11.3 Å². The van der Waals surface area contributed by atoms with Crippen LogP contribution in [0.2, 0.25) is 0 Å². The van der Waals surface area contributed by atoms with Gasteiger partial charge in [0.05, 0.1) is 5.39 Å². The summed E-state index contributed by atoms with van der Waals surface area (Å²) in [5, 5.41) is 7.78. The number of nitrogens with zero attached hydrogens (tertiary/aromatic N) is 2. The average Bonchev–Trinajstić information content (AvgIpc) is 2.90. The van der Waals surface area contributed by atoms with Gasteiger partial charge in [0.2, 0.25) is 5.95 Å². The molecule has 0 fully saturated rings. The van der Waals surface area contributed by atoms with Crippen molar-refractivity contribution in [2.75, 3.05) is 17.7 Å². The second kappa shape index (κ2) is 7.07. The van der Waals surface area contributed by atoms with E-state index in [1.807, 2.05) is 7.05 Å². The zero-order valence-corrected chi connectivity index (χ0v) is 14.5. The van der Waals surface area contributed by atoms with Gasteiger partial charge in [0.25, 0.3) is 0 Å². The fourth-order valence-electron chi connectivity index (χ4n) is 2.43. The molecule has 0 aromatic carbocycles. The topological polar surface area (TPSA) is 49.8 Å². The predicted molar refractivity (Wildman–Crippen MR) is 93.5 cm³/mol. The van der Waals surface area contributed by atoms with Gasteiger partial charge in [0, 0.05) is 18.0 Å². The molecule has 2 aromatic rings. The maximum absolute atomic E-state index is 4.61. The molecule has 2 atom stereocenters. The van der Waals surface area contributed by atoms with Crippen molar-refractivity contribution in [2.45, 2.75) is 53.0 Å². The molecule has 21 heavy (non-hydrogen) atoms. The second-order valence-corrected chi connectivity index (χ2v) is 6.84. The number of aryl methyl sites for hydroxylation is 1. The Balaban J connectivity index is 2.30. The summed E-state index contributed by atoms with van der Waals surface area (Å²) in [6, 6.07) is 2.63. The molecule has 0 radical (unpaired) electrons. The second-order valence-electron chi connectivity index (χ2n) is 5.73. The molecule has 0 bridgehead atoms. The highest BCUT2D eigenvalue weighted by Gasteiger charge is 2.14. The fourth-order valence-corrected chi connectivity index (χ4v) is 3.40. The first-order valence-electron chi connectivity index (χ1n) is 7.82. The number of rotatable bonds is 7. The summed E-state index contributed by atoms with van der Waals surface area (Å²) < 4.78 is 0. The van der Waals surface area contributed by atoms with Gasteiger partial charge in [-0.3, -0.25) is 0 Å². The minimum absolute atomic E-state index is 0.410. The lowest BCUT2D eigenvalue weighted by atomic mass is 10.0. The number of nitrogens with one attached hydrogen (secondary N) is 2. The smallest absolute Gasteiger partial charge is 0.225 e. The first-order valence-corrected chi connectivity index (χ1v) is 8.63. The molecule has 5 heteroatoms. The van der Waals surface area contributed by atoms with E-state index in [9.17, 15) is 0 Å². The maximum atomic E-state index is 4.61. The normalized spacial score (nSPS) is 14.1. The van der Waals surface area contributed by atoms with Crippen LogP contribution in [0, 0.1) is 5.92 Å². The number of aromatic nitrogens is 2. The van der Waals surface area contributed by atoms with Gasteiger partial charge in [-0.1, -0.05) is 27.2 Å². The SMILES string of the molecule is CCc1cc2c(NC(C)CC(C)CC)nc(NC)nc2s1. The van der Waals surface area contributed by atoms with Crippen molar-refractivity contribution in [1.82, 2.24) is 9.97 Å². The molecule has 0 saturated carbocycles. The summed E-state index contributed by atoms with van der Waals surface area (Å²) in [5.41, 5.74) is 0. The van der Waals surface area contributed by atoms with E-state index >= 15 is 0 Å². The Hall–Kier alpha value is -1.36. The Morgan fingerprint density at radius 2 is 2.00 bits per heavy atom. The van der Waals surface area contributed by atoms with Crippen LogP contribution >= 0.6 is 11.3 Å². The predicted octanol–water partition coefficient (Wildman–Crippen LogP) is 4.53. The number of anilines is 2. The molecule has 0 spiro atoms. The molecular formula is C16H26N4S. The monoisotopic (exact) mass is 306 g/mol. The van der Waals surface area contributed by atoms with Crippen molar-refractivity contribution >= 4 is 33.3 Å². The van der Waals surface area contributed by atoms with Crippen LogP contribution < -0.4 is 10.6 Å². The maximum Gasteiger partial charge on any atom is 0.225 e. The van der Waals surface area contributed by atoms with Crippen LogP contribution in [0.3, 0.4) is 0 Å². The summed E-state index contributed by atoms with van der Waals surface area (Å²) >= 11 is 1.76. The van der Waals surface area contributed by atoms with E-state index in [2.05, 4.69) is 54.4 Å². The van der Waals surface area contributed by atoms with Crippen LogP contribution in [0.4, 0.5) is 11.8 Å². The lowest BCUT2D eigenvalue weighted by molar-refractivity contribution is 0.483. The van der Waals surface area contributed by atoms with Crippen LogP contribution in [-0.4, -0.2) is 23.1 Å². The van der Waals surface area contributed by atoms with Gasteiger partial charge in [-0.2, -0.15) is 4.98 Å². The van der Waals surface area contributed by atoms with Crippen LogP contribution in [-0.2, 0) is 6.42 Å². The van der Waals surface area contributed by atoms with Gasteiger partial charge < -0.3 is 10.6 Å². The molecule has 0 aliphatic rings. The Morgan fingerprint density at radius 3 is 2.62 bits per heavy atom. The highest BCUT2D eigenvalue weighted by Crippen LogP contribution is 2.31. The Bertz CT molecular complexity index is 593. The van der Waals surface area contributed by atoms with Crippen molar-refractivity contribution in [3.8, 4) is 0 Å².